The van der Waals surface area contributed by atoms with Gasteiger partial charge in [0, 0.05) is 24.5 Å². The molecular weight excluding hydrogens is 397 g/mol. The van der Waals surface area contributed by atoms with Gasteiger partial charge in [-0.1, -0.05) is 40.7 Å². The molecule has 0 unspecified atom stereocenters. The normalized spacial score (nSPS) is 10.8. The molecule has 0 aliphatic carbocycles. The Labute approximate surface area is 188 Å². The number of nitrogens with two attached hydrogens (primary N) is 1. The Balaban J connectivity index is 0. The smallest absolute Gasteiger partial charge is 0.262 e. The predicted octanol–water partition coefficient (Wildman–Crippen LogP) is 5.85. The van der Waals surface area contributed by atoms with Gasteiger partial charge >= 0.3 is 0 Å². The van der Waals surface area contributed by atoms with E-state index < -0.39 is 0 Å². The van der Waals surface area contributed by atoms with Crippen molar-refractivity contribution in [2.24, 2.45) is 5.73 Å². The van der Waals surface area contributed by atoms with Crippen LogP contribution < -0.4 is 11.1 Å². The van der Waals surface area contributed by atoms with Crippen LogP contribution in [0.15, 0.2) is 28.8 Å². The molecule has 0 aromatic heterocycles. The van der Waals surface area contributed by atoms with Crippen molar-refractivity contribution in [3.63, 3.8) is 0 Å². The van der Waals surface area contributed by atoms with Gasteiger partial charge in [-0.15, -0.1) is 11.8 Å². The molecule has 174 valence electrons. The third-order valence-corrected chi connectivity index (χ3v) is 5.35. The van der Waals surface area contributed by atoms with Gasteiger partial charge in [-0.3, -0.25) is 4.79 Å². The molecule has 4 nitrogen and oxygen atoms in total. The van der Waals surface area contributed by atoms with Crippen LogP contribution in [0.4, 0.5) is 4.39 Å². The summed E-state index contributed by atoms with van der Waals surface area (Å²) in [6.07, 6.45) is 2.02. The molecule has 6 heteroatoms. The van der Waals surface area contributed by atoms with Gasteiger partial charge in [-0.2, -0.15) is 0 Å². The van der Waals surface area contributed by atoms with Gasteiger partial charge in [0.15, 0.2) is 0 Å². The lowest BCUT2D eigenvalue weighted by atomic mass is 10.1. The summed E-state index contributed by atoms with van der Waals surface area (Å²) in [7, 11) is 0. The molecule has 0 bridgehead atoms. The largest absolute Gasteiger partial charge is 0.401 e. The SMILES string of the molecule is CC.CC.CCCNCCCN(CC)C(=O)/C(SCc1ccc(F)cc1C)=C(\C)N. The molecule has 0 saturated carbocycles. The van der Waals surface area contributed by atoms with Crippen molar-refractivity contribution >= 4 is 17.7 Å². The highest BCUT2D eigenvalue weighted by Crippen LogP contribution is 2.26. The first-order chi connectivity index (χ1) is 14.4. The number of benzene rings is 1. The van der Waals surface area contributed by atoms with Crippen molar-refractivity contribution < 1.29 is 9.18 Å². The molecule has 0 aliphatic rings. The highest BCUT2D eigenvalue weighted by Gasteiger charge is 2.19. The molecule has 0 spiro atoms. The van der Waals surface area contributed by atoms with Gasteiger partial charge in [0.2, 0.25) is 0 Å². The lowest BCUT2D eigenvalue weighted by molar-refractivity contribution is -0.126. The average Bonchev–Trinajstić information content (AvgIpc) is 2.74. The summed E-state index contributed by atoms with van der Waals surface area (Å²) < 4.78 is 13.2. The zero-order valence-corrected chi connectivity index (χ0v) is 21.2. The van der Waals surface area contributed by atoms with E-state index in [-0.39, 0.29) is 11.7 Å². The number of carbonyl (C=O) groups excluding carboxylic acids is 1. The fourth-order valence-corrected chi connectivity index (χ4v) is 3.66. The van der Waals surface area contributed by atoms with Crippen molar-refractivity contribution in [1.29, 1.82) is 0 Å². The molecule has 1 aromatic carbocycles. The van der Waals surface area contributed by atoms with Gasteiger partial charge in [-0.05, 0) is 70.0 Å². The highest BCUT2D eigenvalue weighted by atomic mass is 32.2. The predicted molar refractivity (Wildman–Crippen MR) is 132 cm³/mol. The number of rotatable bonds is 11. The Morgan fingerprint density at radius 3 is 2.30 bits per heavy atom. The van der Waals surface area contributed by atoms with Crippen molar-refractivity contribution in [1.82, 2.24) is 10.2 Å². The van der Waals surface area contributed by atoms with Gasteiger partial charge in [-0.25, -0.2) is 4.39 Å². The third kappa shape index (κ3) is 12.2. The Morgan fingerprint density at radius 1 is 1.17 bits per heavy atom. The summed E-state index contributed by atoms with van der Waals surface area (Å²) in [5.74, 6) is 0.330. The van der Waals surface area contributed by atoms with Gasteiger partial charge < -0.3 is 16.0 Å². The maximum Gasteiger partial charge on any atom is 0.262 e. The highest BCUT2D eigenvalue weighted by molar-refractivity contribution is 8.03. The van der Waals surface area contributed by atoms with Crippen LogP contribution in [0.5, 0.6) is 0 Å². The minimum atomic E-state index is -0.244. The maximum absolute atomic E-state index is 13.2. The number of thioether (sulfide) groups is 1. The summed E-state index contributed by atoms with van der Waals surface area (Å²) in [6.45, 7) is 19.0. The van der Waals surface area contributed by atoms with Crippen LogP contribution >= 0.6 is 11.8 Å². The zero-order chi connectivity index (χ0) is 23.5. The Morgan fingerprint density at radius 2 is 1.80 bits per heavy atom. The van der Waals surface area contributed by atoms with Crippen LogP contribution in [0.25, 0.3) is 0 Å². The van der Waals surface area contributed by atoms with Crippen LogP contribution in [0.2, 0.25) is 0 Å². The molecule has 3 N–H and O–H groups in total. The average molecular weight is 442 g/mol. The second kappa shape index (κ2) is 19.4. The van der Waals surface area contributed by atoms with E-state index in [4.69, 9.17) is 5.73 Å². The fraction of sp³-hybridized carbons (Fsp3) is 0.625. The lowest BCUT2D eigenvalue weighted by Crippen LogP contribution is -2.34. The van der Waals surface area contributed by atoms with E-state index in [0.717, 1.165) is 37.1 Å². The van der Waals surface area contributed by atoms with Crippen LogP contribution in [-0.2, 0) is 10.5 Å². The molecule has 30 heavy (non-hydrogen) atoms. The van der Waals surface area contributed by atoms with Crippen molar-refractivity contribution in [3.05, 3.63) is 45.7 Å². The van der Waals surface area contributed by atoms with E-state index in [1.807, 2.05) is 46.4 Å². The van der Waals surface area contributed by atoms with Crippen molar-refractivity contribution in [3.8, 4) is 0 Å². The van der Waals surface area contributed by atoms with Gasteiger partial charge in [0.05, 0.1) is 4.91 Å². The van der Waals surface area contributed by atoms with E-state index in [9.17, 15) is 9.18 Å². The number of carbonyl (C=O) groups is 1. The minimum absolute atomic E-state index is 0.0206. The lowest BCUT2D eigenvalue weighted by Gasteiger charge is -2.23. The number of hydrogen-bond donors (Lipinski definition) is 2. The minimum Gasteiger partial charge on any atom is -0.401 e. The molecule has 0 aliphatic heterocycles. The van der Waals surface area contributed by atoms with Gasteiger partial charge in [0.1, 0.15) is 5.82 Å². The zero-order valence-electron chi connectivity index (χ0n) is 20.4. The third-order valence-electron chi connectivity index (χ3n) is 4.11. The number of likely N-dealkylation sites (N-methyl/N-ethyl adjacent to an activating group) is 1. The number of halogens is 1. The molecule has 0 saturated heterocycles. The second-order valence-corrected chi connectivity index (χ2v) is 7.35. The van der Waals surface area contributed by atoms with Crippen molar-refractivity contribution in [2.75, 3.05) is 26.2 Å². The fourth-order valence-electron chi connectivity index (χ4n) is 2.56. The molecule has 0 fully saturated rings. The summed E-state index contributed by atoms with van der Waals surface area (Å²) in [5, 5.41) is 3.35. The van der Waals surface area contributed by atoms with Crippen LogP contribution in [0.1, 0.15) is 72.4 Å². The monoisotopic (exact) mass is 441 g/mol. The summed E-state index contributed by atoms with van der Waals surface area (Å²) in [4.78, 5) is 15.3. The van der Waals surface area contributed by atoms with Crippen molar-refractivity contribution in [2.45, 2.75) is 74.0 Å². The number of hydrogen-bond acceptors (Lipinski definition) is 4. The maximum atomic E-state index is 13.2. The van der Waals surface area contributed by atoms with E-state index in [1.54, 1.807) is 13.0 Å². The Hall–Kier alpha value is -1.53. The topological polar surface area (TPSA) is 58.4 Å². The first-order valence-electron chi connectivity index (χ1n) is 11.2. The molecule has 1 amide bonds. The van der Waals surface area contributed by atoms with Crippen LogP contribution in [-0.4, -0.2) is 37.0 Å². The first kappa shape index (κ1) is 30.7. The quantitative estimate of drug-likeness (QED) is 0.334. The van der Waals surface area contributed by atoms with E-state index >= 15 is 0 Å². The standard InChI is InChI=1S/C20H32FN3OS.2C2H6/c1-5-10-23-11-7-12-24(6-2)20(25)19(16(4)22)26-14-17-8-9-18(21)13-15(17)3;2*1-2/h8-9,13,23H,5-7,10-12,14,22H2,1-4H3;2*1-2H3/b19-16-;;. The van der Waals surface area contributed by atoms with Crippen LogP contribution in [0.3, 0.4) is 0 Å². The number of aryl methyl sites for hydroxylation is 1. The molecule has 1 aromatic rings. The number of allylic oxidation sites excluding steroid dienone is 1. The first-order valence-corrected chi connectivity index (χ1v) is 12.2. The number of amides is 1. The summed E-state index contributed by atoms with van der Waals surface area (Å²) >= 11 is 1.43. The molecule has 0 heterocycles. The molecular formula is C24H44FN3OS. The second-order valence-electron chi connectivity index (χ2n) is 6.36. The van der Waals surface area contributed by atoms with E-state index in [1.165, 1.54) is 23.9 Å². The molecule has 0 atom stereocenters. The van der Waals surface area contributed by atoms with Gasteiger partial charge in [0.25, 0.3) is 5.91 Å². The Kier molecular flexibility index (Phi) is 19.9. The summed E-state index contributed by atoms with van der Waals surface area (Å²) in [5.41, 5.74) is 8.41. The molecule has 0 radical (unpaired) electrons. The molecule has 1 rings (SSSR count). The number of nitrogens with zero attached hydrogens (tertiary/aromatic N) is 1. The van der Waals surface area contributed by atoms with E-state index in [0.29, 0.717) is 29.4 Å². The van der Waals surface area contributed by atoms with Crippen LogP contribution in [0, 0.1) is 12.7 Å². The summed E-state index contributed by atoms with van der Waals surface area (Å²) in [6, 6.07) is 4.73. The number of nitrogens with one attached hydrogen (secondary N) is 1. The Bertz CT molecular complexity index is 616. The van der Waals surface area contributed by atoms with E-state index in [2.05, 4.69) is 12.2 Å².